The van der Waals surface area contributed by atoms with Crippen LogP contribution in [0.3, 0.4) is 0 Å². The number of carbonyl (C=O) groups excluding carboxylic acids is 2. The van der Waals surface area contributed by atoms with Crippen molar-refractivity contribution in [2.45, 2.75) is 118 Å². The fourth-order valence-corrected chi connectivity index (χ4v) is 11.2. The lowest BCUT2D eigenvalue weighted by Crippen LogP contribution is -2.37. The number of hydrogen-bond acceptors (Lipinski definition) is 17. The molecule has 0 spiro atoms. The monoisotopic (exact) mass is 1160 g/mol. The second-order valence-corrected chi connectivity index (χ2v) is 23.4. The maximum absolute atomic E-state index is 12.2. The van der Waals surface area contributed by atoms with Gasteiger partial charge in [0.25, 0.3) is 5.91 Å². The molecule has 5 aromatic rings. The first-order valence-corrected chi connectivity index (χ1v) is 30.6. The largest absolute Gasteiger partial charge is 0.497 e. The van der Waals surface area contributed by atoms with E-state index in [1.54, 1.807) is 31.3 Å². The third-order valence-electron chi connectivity index (χ3n) is 16.3. The number of anilines is 1. The second-order valence-electron chi connectivity index (χ2n) is 23.4. The molecule has 0 atom stereocenters. The summed E-state index contributed by atoms with van der Waals surface area (Å²) in [5.74, 6) is 3.80. The molecule has 20 heteroatoms. The molecule has 2 aromatic heterocycles. The van der Waals surface area contributed by atoms with Gasteiger partial charge in [0, 0.05) is 68.3 Å². The summed E-state index contributed by atoms with van der Waals surface area (Å²) in [6, 6.07) is 18.0. The van der Waals surface area contributed by atoms with Crippen LogP contribution in [0.1, 0.15) is 113 Å². The van der Waals surface area contributed by atoms with Crippen LogP contribution in [0.5, 0.6) is 17.2 Å². The molecule has 8 rings (SSSR count). The molecule has 1 saturated carbocycles. The number of likely N-dealkylation sites (N-methyl/N-ethyl adjacent to an activating group) is 1. The summed E-state index contributed by atoms with van der Waals surface area (Å²) >= 11 is 0. The molecule has 3 N–H and O–H groups in total. The summed E-state index contributed by atoms with van der Waals surface area (Å²) in [6.45, 7) is 22.4. The highest BCUT2D eigenvalue weighted by Gasteiger charge is 2.31. The molecule has 1 aliphatic carbocycles. The number of methoxy groups -OCH3 is 2. The van der Waals surface area contributed by atoms with Gasteiger partial charge in [-0.1, -0.05) is 51.5 Å². The Bertz CT molecular complexity index is 2760. The molecule has 20 nitrogen and oxygen atoms in total. The number of carbonyl (C=O) groups is 2. The van der Waals surface area contributed by atoms with Crippen LogP contribution in [0.25, 0.3) is 22.0 Å². The van der Waals surface area contributed by atoms with E-state index >= 15 is 0 Å². The number of piperidine rings is 1. The van der Waals surface area contributed by atoms with Crippen molar-refractivity contribution in [1.82, 2.24) is 44.6 Å². The molecular formula is C64H97N11O9. The zero-order valence-electron chi connectivity index (χ0n) is 51.7. The van der Waals surface area contributed by atoms with Crippen molar-refractivity contribution in [3.8, 4) is 28.4 Å². The number of ether oxygens (including phenoxy) is 7. The number of fused-ring (bicyclic) bond motifs is 2. The lowest BCUT2D eigenvalue weighted by Gasteiger charge is -2.39. The molecule has 1 saturated heterocycles. The molecule has 3 aromatic carbocycles. The minimum Gasteiger partial charge on any atom is -0.497 e. The highest BCUT2D eigenvalue weighted by molar-refractivity contribution is 5.98. The van der Waals surface area contributed by atoms with Crippen LogP contribution in [0, 0.1) is 11.3 Å². The van der Waals surface area contributed by atoms with Crippen molar-refractivity contribution >= 4 is 28.5 Å². The van der Waals surface area contributed by atoms with Crippen LogP contribution in [-0.4, -0.2) is 196 Å². The average Bonchev–Trinajstić information content (AvgIpc) is 3.76. The van der Waals surface area contributed by atoms with Crippen molar-refractivity contribution in [1.29, 1.82) is 0 Å². The molecule has 2 aliphatic heterocycles. The minimum absolute atomic E-state index is 0.0329. The number of hydrogen-bond donors (Lipinski definition) is 2. The highest BCUT2D eigenvalue weighted by Crippen LogP contribution is 2.40. The van der Waals surface area contributed by atoms with Crippen LogP contribution in [0.2, 0.25) is 0 Å². The van der Waals surface area contributed by atoms with E-state index in [9.17, 15) is 9.59 Å². The predicted octanol–water partition coefficient (Wildman–Crippen LogP) is 8.39. The van der Waals surface area contributed by atoms with E-state index in [1.807, 2.05) is 36.0 Å². The van der Waals surface area contributed by atoms with Crippen LogP contribution in [-0.2, 0) is 49.8 Å². The number of nitrogens with one attached hydrogen (secondary N) is 1. The van der Waals surface area contributed by atoms with Gasteiger partial charge in [0.1, 0.15) is 35.5 Å². The van der Waals surface area contributed by atoms with E-state index in [1.165, 1.54) is 58.0 Å². The van der Waals surface area contributed by atoms with Gasteiger partial charge in [0.15, 0.2) is 0 Å². The molecule has 84 heavy (non-hydrogen) atoms. The first kappa shape index (κ1) is 65.5. The molecule has 3 aliphatic rings. The Morgan fingerprint density at radius 3 is 2.12 bits per heavy atom. The third kappa shape index (κ3) is 20.9. The Labute approximate surface area is 499 Å². The van der Waals surface area contributed by atoms with Crippen molar-refractivity contribution in [2.24, 2.45) is 17.1 Å². The standard InChI is InChI=1S/C43H73N9O4.C21H24N2O5/c1-43(2,3)36-14-16-38(17-15-36)50(5)35-41-45-40-13-8-7-12-39(40)42(46-41)44-19-11-20-49(4)24-26-53-28-30-55-32-33-56-31-29-54-27-25-52-34-37(47-48-52)18-23-51-21-9-6-10-22-51;1-4-19(24)23-5-6-28-20-15(12-23)7-13(10-18(20)21(22)25)14-8-16(26-2)11-17(9-14)27-3/h7-8,12-13,34,36,38H,6,9-11,14-33,35H2,1-5H3,(H,44,45,46);7-11H,4-6,12H2,1-3H3,(H2,22,25). The minimum atomic E-state index is -0.580. The Morgan fingerprint density at radius 1 is 0.786 bits per heavy atom. The van der Waals surface area contributed by atoms with Crippen molar-refractivity contribution in [2.75, 3.05) is 139 Å². The van der Waals surface area contributed by atoms with Crippen LogP contribution in [0.4, 0.5) is 5.82 Å². The van der Waals surface area contributed by atoms with Gasteiger partial charge in [-0.25, -0.2) is 14.6 Å². The van der Waals surface area contributed by atoms with E-state index < -0.39 is 5.91 Å². The molecule has 4 heterocycles. The number of rotatable bonds is 31. The molecule has 0 bridgehead atoms. The van der Waals surface area contributed by atoms with E-state index in [4.69, 9.17) is 48.9 Å². The van der Waals surface area contributed by atoms with Crippen LogP contribution in [0.15, 0.2) is 60.8 Å². The first-order chi connectivity index (χ1) is 40.7. The van der Waals surface area contributed by atoms with Gasteiger partial charge in [-0.3, -0.25) is 14.5 Å². The lowest BCUT2D eigenvalue weighted by atomic mass is 9.71. The lowest BCUT2D eigenvalue weighted by molar-refractivity contribution is -0.131. The number of para-hydroxylation sites is 1. The topological polar surface area (TPSA) is 206 Å². The SMILES string of the molecule is CCC(=O)N1CCOc2c(cc(-c3cc(OC)cc(OC)c3)cc2C(N)=O)C1.CN(CCCNc1nc(CN(C)C2CCC(C(C)(C)C)CC2)nc2ccccc12)CCOCCOCCOCCOCCn1cc(CCN2CCCCC2)nn1. The van der Waals surface area contributed by atoms with Crippen molar-refractivity contribution in [3.63, 3.8) is 0 Å². The summed E-state index contributed by atoms with van der Waals surface area (Å²) in [5, 5.41) is 13.3. The summed E-state index contributed by atoms with van der Waals surface area (Å²) < 4.78 is 41.2. The van der Waals surface area contributed by atoms with Gasteiger partial charge in [-0.2, -0.15) is 0 Å². The van der Waals surface area contributed by atoms with E-state index in [0.717, 1.165) is 96.4 Å². The number of primary amides is 1. The fourth-order valence-electron chi connectivity index (χ4n) is 11.2. The van der Waals surface area contributed by atoms with Crippen molar-refractivity contribution < 1.29 is 42.7 Å². The molecule has 2 fully saturated rings. The van der Waals surface area contributed by atoms with E-state index in [0.29, 0.717) is 120 Å². The summed E-state index contributed by atoms with van der Waals surface area (Å²) in [7, 11) is 7.54. The molecular weight excluding hydrogens is 1070 g/mol. The summed E-state index contributed by atoms with van der Waals surface area (Å²) in [6.07, 6.45) is 13.5. The summed E-state index contributed by atoms with van der Waals surface area (Å²) in [5.41, 5.74) is 10.7. The normalized spacial score (nSPS) is 16.7. The van der Waals surface area contributed by atoms with Crippen molar-refractivity contribution in [3.05, 3.63) is 83.4 Å². The Balaban J connectivity index is 0.000000301. The van der Waals surface area contributed by atoms with Gasteiger partial charge in [0.2, 0.25) is 5.91 Å². The fraction of sp³-hybridized carbons (Fsp3) is 0.625. The van der Waals surface area contributed by atoms with Crippen LogP contribution < -0.4 is 25.3 Å². The zero-order valence-corrected chi connectivity index (χ0v) is 51.7. The van der Waals surface area contributed by atoms with Crippen LogP contribution >= 0.6 is 0 Å². The zero-order chi connectivity index (χ0) is 59.7. The van der Waals surface area contributed by atoms with Gasteiger partial charge < -0.3 is 58.9 Å². The number of likely N-dealkylation sites (tertiary alicyclic amines) is 1. The van der Waals surface area contributed by atoms with E-state index in [2.05, 4.69) is 89.5 Å². The van der Waals surface area contributed by atoms with Gasteiger partial charge in [0.05, 0.1) is 103 Å². The number of aromatic nitrogens is 5. The molecule has 2 amide bonds. The molecule has 0 radical (unpaired) electrons. The average molecular weight is 1160 g/mol. The van der Waals surface area contributed by atoms with Gasteiger partial charge >= 0.3 is 0 Å². The first-order valence-electron chi connectivity index (χ1n) is 30.6. The highest BCUT2D eigenvalue weighted by atomic mass is 16.6. The predicted molar refractivity (Wildman–Crippen MR) is 329 cm³/mol. The van der Waals surface area contributed by atoms with Gasteiger partial charge in [-0.15, -0.1) is 5.10 Å². The van der Waals surface area contributed by atoms with E-state index in [-0.39, 0.29) is 5.91 Å². The smallest absolute Gasteiger partial charge is 0.252 e. The summed E-state index contributed by atoms with van der Waals surface area (Å²) in [4.78, 5) is 43.3. The number of nitrogens with two attached hydrogens (primary N) is 1. The van der Waals surface area contributed by atoms with Gasteiger partial charge in [-0.05, 0) is 138 Å². The number of benzene rings is 3. The second kappa shape index (κ2) is 34.2. The third-order valence-corrected chi connectivity index (χ3v) is 16.3. The Kier molecular flexibility index (Phi) is 26.7. The Morgan fingerprint density at radius 2 is 1.45 bits per heavy atom. The maximum Gasteiger partial charge on any atom is 0.252 e. The Hall–Kier alpha value is -6.00. The molecule has 462 valence electrons. The quantitative estimate of drug-likeness (QED) is 0.0400. The number of nitrogens with zero attached hydrogens (tertiary/aromatic N) is 9. The maximum atomic E-state index is 12.2. The number of amides is 2. The molecule has 0 unspecified atom stereocenters.